The van der Waals surface area contributed by atoms with E-state index in [1.54, 1.807) is 45.4 Å². The lowest BCUT2D eigenvalue weighted by atomic mass is 9.93. The van der Waals surface area contributed by atoms with Crippen molar-refractivity contribution >= 4 is 35.9 Å². The summed E-state index contributed by atoms with van der Waals surface area (Å²) >= 11 is 0. The van der Waals surface area contributed by atoms with Gasteiger partial charge in [0.15, 0.2) is 0 Å². The van der Waals surface area contributed by atoms with Crippen LogP contribution in [0.4, 0.5) is 0 Å². The van der Waals surface area contributed by atoms with Crippen molar-refractivity contribution in [1.29, 1.82) is 0 Å². The topological polar surface area (TPSA) is 80.3 Å². The van der Waals surface area contributed by atoms with E-state index in [-0.39, 0.29) is 29.5 Å². The van der Waals surface area contributed by atoms with Crippen LogP contribution in [0.2, 0.25) is 0 Å². The van der Waals surface area contributed by atoms with Crippen LogP contribution in [-0.4, -0.2) is 76.3 Å². The van der Waals surface area contributed by atoms with E-state index in [1.807, 2.05) is 42.4 Å². The molecule has 0 aromatic heterocycles. The number of nitrogens with one attached hydrogen (secondary N) is 1. The van der Waals surface area contributed by atoms with Crippen LogP contribution in [0.5, 0.6) is 11.5 Å². The Morgan fingerprint density at radius 3 is 2.03 bits per heavy atom. The molecule has 0 bridgehead atoms. The van der Waals surface area contributed by atoms with E-state index in [0.29, 0.717) is 35.7 Å². The van der Waals surface area contributed by atoms with Gasteiger partial charge in [-0.1, -0.05) is 30.3 Å². The summed E-state index contributed by atoms with van der Waals surface area (Å²) in [5.74, 6) is 0.143. The fourth-order valence-corrected chi connectivity index (χ4v) is 3.82. The Labute approximate surface area is 218 Å². The van der Waals surface area contributed by atoms with Crippen LogP contribution >= 0.6 is 12.4 Å². The molecule has 1 aliphatic heterocycles. The molecule has 1 amide bonds. The van der Waals surface area contributed by atoms with Gasteiger partial charge in [-0.3, -0.25) is 10.2 Å². The molecule has 9 heteroatoms. The summed E-state index contributed by atoms with van der Waals surface area (Å²) in [6.45, 7) is 4.82. The molecule has 1 N–H and O–H groups in total. The summed E-state index contributed by atoms with van der Waals surface area (Å²) in [6, 6.07) is 14.7. The first-order chi connectivity index (χ1) is 16.9. The second-order valence-electron chi connectivity index (χ2n) is 8.29. The van der Waals surface area contributed by atoms with Crippen LogP contribution in [0.15, 0.2) is 59.7 Å². The van der Waals surface area contributed by atoms with E-state index in [2.05, 4.69) is 10.3 Å². The molecule has 1 saturated heterocycles. The Hall–Kier alpha value is -3.33. The molecular formula is C27H34ClN3O5. The van der Waals surface area contributed by atoms with Crippen molar-refractivity contribution in [2.45, 2.75) is 6.92 Å². The normalized spacial score (nSPS) is 15.3. The summed E-state index contributed by atoms with van der Waals surface area (Å²) in [5.41, 5.74) is 5.37. The molecule has 0 unspecified atom stereocenters. The molecule has 1 aliphatic rings. The van der Waals surface area contributed by atoms with E-state index in [9.17, 15) is 9.59 Å². The molecule has 8 nitrogen and oxygen atoms in total. The number of piperazine rings is 1. The zero-order chi connectivity index (χ0) is 25.4. The Kier molecular flexibility index (Phi) is 11.0. The summed E-state index contributed by atoms with van der Waals surface area (Å²) in [7, 11) is 6.47. The minimum Gasteiger partial charge on any atom is -0.497 e. The first-order valence-corrected chi connectivity index (χ1v) is 11.4. The van der Waals surface area contributed by atoms with Crippen molar-refractivity contribution < 1.29 is 23.8 Å². The molecule has 36 heavy (non-hydrogen) atoms. The number of halogens is 1. The molecule has 0 aliphatic carbocycles. The lowest BCUT2D eigenvalue weighted by Gasteiger charge is -2.32. The highest BCUT2D eigenvalue weighted by molar-refractivity contribution is 6.16. The number of nitrogens with zero attached hydrogens (tertiary/aromatic N) is 2. The number of hydrazine groups is 1. The van der Waals surface area contributed by atoms with Crippen molar-refractivity contribution in [1.82, 2.24) is 15.3 Å². The Morgan fingerprint density at radius 2 is 1.50 bits per heavy atom. The van der Waals surface area contributed by atoms with Gasteiger partial charge in [-0.15, -0.1) is 12.4 Å². The molecule has 0 saturated carbocycles. The van der Waals surface area contributed by atoms with Crippen LogP contribution in [0.25, 0.3) is 11.6 Å². The molecule has 2 aromatic carbocycles. The fraction of sp³-hybridized carbons (Fsp3) is 0.333. The highest BCUT2D eigenvalue weighted by Gasteiger charge is 2.27. The number of ether oxygens (including phenoxy) is 3. The van der Waals surface area contributed by atoms with Gasteiger partial charge >= 0.3 is 5.97 Å². The van der Waals surface area contributed by atoms with Crippen LogP contribution in [0, 0.1) is 0 Å². The second kappa shape index (κ2) is 13.7. The largest absolute Gasteiger partial charge is 0.497 e. The van der Waals surface area contributed by atoms with Gasteiger partial charge in [-0.05, 0) is 48.9 Å². The maximum atomic E-state index is 13.6. The molecule has 2 aromatic rings. The average Bonchev–Trinajstić information content (AvgIpc) is 2.89. The third kappa shape index (κ3) is 7.34. The van der Waals surface area contributed by atoms with Gasteiger partial charge in [-0.2, -0.15) is 0 Å². The maximum absolute atomic E-state index is 13.6. The van der Waals surface area contributed by atoms with Crippen molar-refractivity contribution in [3.63, 3.8) is 0 Å². The smallest absolute Gasteiger partial charge is 0.338 e. The fourth-order valence-electron chi connectivity index (χ4n) is 3.82. The Morgan fingerprint density at radius 1 is 0.917 bits per heavy atom. The minimum absolute atomic E-state index is 0. The number of hydrogen-bond acceptors (Lipinski definition) is 7. The van der Waals surface area contributed by atoms with Crippen molar-refractivity contribution in [3.05, 3.63) is 70.8 Å². The van der Waals surface area contributed by atoms with Crippen molar-refractivity contribution in [2.24, 2.45) is 0 Å². The molecular weight excluding hydrogens is 482 g/mol. The van der Waals surface area contributed by atoms with Gasteiger partial charge in [-0.25, -0.2) is 9.80 Å². The highest BCUT2D eigenvalue weighted by atomic mass is 35.5. The highest BCUT2D eigenvalue weighted by Crippen LogP contribution is 2.32. The number of likely N-dealkylation sites (N-methyl/N-ethyl adjacent to an activating group) is 1. The van der Waals surface area contributed by atoms with Gasteiger partial charge in [0.2, 0.25) is 0 Å². The first kappa shape index (κ1) is 28.9. The van der Waals surface area contributed by atoms with E-state index < -0.39 is 5.97 Å². The standard InChI is InChI=1S/C27H33N3O5.ClH/c1-19(21-16-22(33-3)18-23(17-21)34-4)25(27(32)35-5)24(15-20-9-7-6-8-10-20)26(31)28-30-13-11-29(2)12-14-30;/h6-10,15-18H,11-14H2,1-5H3,(H,28,31);1H/b24-15-,25-19-;. The summed E-state index contributed by atoms with van der Waals surface area (Å²) in [4.78, 5) is 28.9. The van der Waals surface area contributed by atoms with Gasteiger partial charge < -0.3 is 19.1 Å². The number of esters is 1. The number of carbonyl (C=O) groups excluding carboxylic acids is 2. The maximum Gasteiger partial charge on any atom is 0.338 e. The van der Waals surface area contributed by atoms with Gasteiger partial charge in [0.1, 0.15) is 11.5 Å². The molecule has 0 radical (unpaired) electrons. The number of methoxy groups -OCH3 is 3. The first-order valence-electron chi connectivity index (χ1n) is 11.4. The van der Waals surface area contributed by atoms with E-state index in [4.69, 9.17) is 14.2 Å². The predicted octanol–water partition coefficient (Wildman–Crippen LogP) is 3.43. The van der Waals surface area contributed by atoms with Gasteiger partial charge in [0.05, 0.1) is 32.5 Å². The summed E-state index contributed by atoms with van der Waals surface area (Å²) in [5, 5.41) is 1.87. The zero-order valence-electron chi connectivity index (χ0n) is 21.4. The third-order valence-corrected chi connectivity index (χ3v) is 5.94. The van der Waals surface area contributed by atoms with E-state index in [0.717, 1.165) is 18.7 Å². The van der Waals surface area contributed by atoms with E-state index in [1.165, 1.54) is 7.11 Å². The molecule has 1 fully saturated rings. The number of carbonyl (C=O) groups is 2. The number of hydrogen-bond donors (Lipinski definition) is 1. The van der Waals surface area contributed by atoms with E-state index >= 15 is 0 Å². The van der Waals surface area contributed by atoms with Crippen LogP contribution in [0.3, 0.4) is 0 Å². The lowest BCUT2D eigenvalue weighted by Crippen LogP contribution is -2.53. The molecule has 194 valence electrons. The lowest BCUT2D eigenvalue weighted by molar-refractivity contribution is -0.136. The second-order valence-corrected chi connectivity index (χ2v) is 8.29. The number of rotatable bonds is 8. The predicted molar refractivity (Wildman–Crippen MR) is 143 cm³/mol. The minimum atomic E-state index is -0.611. The summed E-state index contributed by atoms with van der Waals surface area (Å²) in [6.07, 6.45) is 1.71. The molecule has 3 rings (SSSR count). The van der Waals surface area contributed by atoms with Crippen molar-refractivity contribution in [2.75, 3.05) is 54.6 Å². The monoisotopic (exact) mass is 515 g/mol. The number of amides is 1. The van der Waals surface area contributed by atoms with Gasteiger partial charge in [0.25, 0.3) is 5.91 Å². The van der Waals surface area contributed by atoms with Crippen molar-refractivity contribution in [3.8, 4) is 11.5 Å². The molecule has 0 atom stereocenters. The van der Waals surface area contributed by atoms with Crippen LogP contribution in [0.1, 0.15) is 18.1 Å². The Bertz CT molecular complexity index is 1090. The molecule has 1 heterocycles. The third-order valence-electron chi connectivity index (χ3n) is 5.94. The number of allylic oxidation sites excluding steroid dienone is 1. The van der Waals surface area contributed by atoms with Crippen LogP contribution < -0.4 is 14.9 Å². The average molecular weight is 516 g/mol. The zero-order valence-corrected chi connectivity index (χ0v) is 22.2. The summed E-state index contributed by atoms with van der Waals surface area (Å²) < 4.78 is 15.9. The molecule has 0 spiro atoms. The SMILES string of the molecule is COC(=O)C(/C(=C/c1ccccc1)C(=O)NN1CCN(C)CC1)=C(/C)c1cc(OC)cc(OC)c1.Cl. The number of benzene rings is 2. The van der Waals surface area contributed by atoms with Crippen LogP contribution in [-0.2, 0) is 14.3 Å². The Balaban J connectivity index is 0.00000456. The quantitative estimate of drug-likeness (QED) is 0.328. The van der Waals surface area contributed by atoms with Gasteiger partial charge in [0, 0.05) is 32.2 Å².